The first kappa shape index (κ1) is 23.4. The summed E-state index contributed by atoms with van der Waals surface area (Å²) in [5.74, 6) is -0.602. The SMILES string of the molecule is CCCc1cc(C(=O)OCC)n(C)n1.CCCc1cc(C(=O)OCC)n(C)n1. The molecule has 28 heavy (non-hydrogen) atoms. The lowest BCUT2D eigenvalue weighted by atomic mass is 10.2. The van der Waals surface area contributed by atoms with Gasteiger partial charge in [-0.15, -0.1) is 0 Å². The van der Waals surface area contributed by atoms with E-state index >= 15 is 0 Å². The van der Waals surface area contributed by atoms with Crippen LogP contribution in [0.5, 0.6) is 0 Å². The van der Waals surface area contributed by atoms with Gasteiger partial charge in [0.25, 0.3) is 0 Å². The Bertz CT molecular complexity index is 700. The molecule has 2 aromatic heterocycles. The van der Waals surface area contributed by atoms with E-state index in [9.17, 15) is 9.59 Å². The number of nitrogens with zero attached hydrogens (tertiary/aromatic N) is 4. The first-order valence-electron chi connectivity index (χ1n) is 9.77. The van der Waals surface area contributed by atoms with Crippen LogP contribution in [0.4, 0.5) is 0 Å². The highest BCUT2D eigenvalue weighted by atomic mass is 16.5. The first-order chi connectivity index (χ1) is 13.4. The Hall–Kier alpha value is -2.64. The van der Waals surface area contributed by atoms with E-state index in [-0.39, 0.29) is 11.9 Å². The molecule has 2 rings (SSSR count). The lowest BCUT2D eigenvalue weighted by molar-refractivity contribution is 0.0504. The van der Waals surface area contributed by atoms with Gasteiger partial charge in [-0.2, -0.15) is 10.2 Å². The zero-order valence-electron chi connectivity index (χ0n) is 17.8. The van der Waals surface area contributed by atoms with E-state index in [0.717, 1.165) is 37.1 Å². The molecule has 156 valence electrons. The van der Waals surface area contributed by atoms with E-state index in [1.807, 2.05) is 0 Å². The third-order valence-electron chi connectivity index (χ3n) is 3.84. The molecule has 0 unspecified atom stereocenters. The molecule has 0 fully saturated rings. The van der Waals surface area contributed by atoms with Crippen molar-refractivity contribution in [2.75, 3.05) is 13.2 Å². The van der Waals surface area contributed by atoms with Gasteiger partial charge in [-0.25, -0.2) is 9.59 Å². The standard InChI is InChI=1S/2C10H16N2O2/c2*1-4-6-8-7-9(12(3)11-8)10(13)14-5-2/h2*7H,4-6H2,1-3H3. The summed E-state index contributed by atoms with van der Waals surface area (Å²) in [6.07, 6.45) is 3.85. The molecule has 0 aliphatic carbocycles. The number of hydrogen-bond donors (Lipinski definition) is 0. The molecule has 0 amide bonds. The summed E-state index contributed by atoms with van der Waals surface area (Å²) in [6.45, 7) is 8.54. The molecule has 0 atom stereocenters. The van der Waals surface area contributed by atoms with Crippen LogP contribution >= 0.6 is 0 Å². The first-order valence-corrected chi connectivity index (χ1v) is 9.77. The van der Waals surface area contributed by atoms with E-state index in [4.69, 9.17) is 9.47 Å². The summed E-state index contributed by atoms with van der Waals surface area (Å²) >= 11 is 0. The highest BCUT2D eigenvalue weighted by Gasteiger charge is 2.14. The van der Waals surface area contributed by atoms with Crippen molar-refractivity contribution in [3.63, 3.8) is 0 Å². The van der Waals surface area contributed by atoms with Crippen LogP contribution in [0, 0.1) is 0 Å². The smallest absolute Gasteiger partial charge is 0.356 e. The van der Waals surface area contributed by atoms with Crippen molar-refractivity contribution < 1.29 is 19.1 Å². The van der Waals surface area contributed by atoms with Gasteiger partial charge in [-0.3, -0.25) is 9.36 Å². The summed E-state index contributed by atoms with van der Waals surface area (Å²) in [6, 6.07) is 3.59. The average Bonchev–Trinajstić information content (AvgIpc) is 3.19. The molecule has 0 aromatic carbocycles. The molecule has 0 bridgehead atoms. The van der Waals surface area contributed by atoms with Gasteiger partial charge in [0.15, 0.2) is 0 Å². The summed E-state index contributed by atoms with van der Waals surface area (Å²) in [4.78, 5) is 22.8. The minimum absolute atomic E-state index is 0.301. The Morgan fingerprint density at radius 2 is 1.14 bits per heavy atom. The second-order valence-electron chi connectivity index (χ2n) is 6.23. The molecule has 0 N–H and O–H groups in total. The predicted molar refractivity (Wildman–Crippen MR) is 106 cm³/mol. The van der Waals surface area contributed by atoms with Crippen LogP contribution in [0.15, 0.2) is 12.1 Å². The van der Waals surface area contributed by atoms with E-state index in [1.165, 1.54) is 0 Å². The van der Waals surface area contributed by atoms with Gasteiger partial charge in [-0.05, 0) is 38.8 Å². The summed E-state index contributed by atoms with van der Waals surface area (Å²) < 4.78 is 12.9. The van der Waals surface area contributed by atoms with E-state index in [2.05, 4.69) is 24.0 Å². The minimum atomic E-state index is -0.301. The quantitative estimate of drug-likeness (QED) is 0.642. The fourth-order valence-corrected chi connectivity index (χ4v) is 2.60. The zero-order chi connectivity index (χ0) is 21.1. The normalized spacial score (nSPS) is 10.2. The molecule has 8 heteroatoms. The molecule has 2 aromatic rings. The predicted octanol–water partition coefficient (Wildman–Crippen LogP) is 3.10. The molecule has 2 heterocycles. The maximum absolute atomic E-state index is 11.4. The van der Waals surface area contributed by atoms with Gasteiger partial charge in [0, 0.05) is 14.1 Å². The average molecular weight is 393 g/mol. The number of esters is 2. The highest BCUT2D eigenvalue weighted by Crippen LogP contribution is 2.07. The molecule has 0 radical (unpaired) electrons. The Labute approximate surface area is 166 Å². The number of rotatable bonds is 8. The lowest BCUT2D eigenvalue weighted by Crippen LogP contribution is -2.10. The van der Waals surface area contributed by atoms with Crippen LogP contribution in [-0.2, 0) is 36.4 Å². The van der Waals surface area contributed by atoms with Crippen LogP contribution in [0.3, 0.4) is 0 Å². The van der Waals surface area contributed by atoms with Crippen molar-refractivity contribution in [2.24, 2.45) is 14.1 Å². The fraction of sp³-hybridized carbons (Fsp3) is 0.600. The van der Waals surface area contributed by atoms with Crippen LogP contribution < -0.4 is 0 Å². The van der Waals surface area contributed by atoms with Gasteiger partial charge in [-0.1, -0.05) is 26.7 Å². The van der Waals surface area contributed by atoms with Gasteiger partial charge in [0.2, 0.25) is 0 Å². The fourth-order valence-electron chi connectivity index (χ4n) is 2.60. The lowest BCUT2D eigenvalue weighted by Gasteiger charge is -2.00. The summed E-state index contributed by atoms with van der Waals surface area (Å²) in [5.41, 5.74) is 2.93. The molecule has 8 nitrogen and oxygen atoms in total. The van der Waals surface area contributed by atoms with E-state index < -0.39 is 0 Å². The Morgan fingerprint density at radius 1 is 0.786 bits per heavy atom. The molecule has 0 saturated carbocycles. The van der Waals surface area contributed by atoms with E-state index in [0.29, 0.717) is 24.6 Å². The number of aryl methyl sites for hydroxylation is 4. The third-order valence-corrected chi connectivity index (χ3v) is 3.84. The van der Waals surface area contributed by atoms with Crippen molar-refractivity contribution in [2.45, 2.75) is 53.4 Å². The molecule has 0 spiro atoms. The second kappa shape index (κ2) is 11.9. The molecule has 0 aliphatic heterocycles. The van der Waals surface area contributed by atoms with Crippen molar-refractivity contribution >= 4 is 11.9 Å². The maximum Gasteiger partial charge on any atom is 0.356 e. The van der Waals surface area contributed by atoms with Gasteiger partial charge in [0.1, 0.15) is 11.4 Å². The number of aromatic nitrogens is 4. The molecule has 0 saturated heterocycles. The Balaban J connectivity index is 0.000000280. The largest absolute Gasteiger partial charge is 0.461 e. The number of ether oxygens (including phenoxy) is 2. The van der Waals surface area contributed by atoms with Crippen molar-refractivity contribution in [3.8, 4) is 0 Å². The van der Waals surface area contributed by atoms with Gasteiger partial charge < -0.3 is 9.47 Å². The highest BCUT2D eigenvalue weighted by molar-refractivity contribution is 5.88. The monoisotopic (exact) mass is 392 g/mol. The second-order valence-corrected chi connectivity index (χ2v) is 6.23. The summed E-state index contributed by atoms with van der Waals surface area (Å²) in [7, 11) is 3.51. The van der Waals surface area contributed by atoms with E-state index in [1.54, 1.807) is 49.4 Å². The molecule has 0 aliphatic rings. The van der Waals surface area contributed by atoms with Gasteiger partial charge >= 0.3 is 11.9 Å². The number of hydrogen-bond acceptors (Lipinski definition) is 6. The van der Waals surface area contributed by atoms with Crippen LogP contribution in [0.25, 0.3) is 0 Å². The Kier molecular flexibility index (Phi) is 9.98. The Morgan fingerprint density at radius 3 is 1.43 bits per heavy atom. The summed E-state index contributed by atoms with van der Waals surface area (Å²) in [5, 5.41) is 8.44. The van der Waals surface area contributed by atoms with Gasteiger partial charge in [0.05, 0.1) is 24.6 Å². The number of carbonyl (C=O) groups excluding carboxylic acids is 2. The van der Waals surface area contributed by atoms with Crippen LogP contribution in [-0.4, -0.2) is 44.7 Å². The topological polar surface area (TPSA) is 88.2 Å². The van der Waals surface area contributed by atoms with Crippen LogP contribution in [0.2, 0.25) is 0 Å². The minimum Gasteiger partial charge on any atom is -0.461 e. The van der Waals surface area contributed by atoms with Crippen molar-refractivity contribution in [3.05, 3.63) is 34.9 Å². The molecular formula is C20H32N4O4. The zero-order valence-corrected chi connectivity index (χ0v) is 17.8. The maximum atomic E-state index is 11.4. The van der Waals surface area contributed by atoms with Crippen molar-refractivity contribution in [1.29, 1.82) is 0 Å². The number of carbonyl (C=O) groups is 2. The van der Waals surface area contributed by atoms with Crippen LogP contribution in [0.1, 0.15) is 72.9 Å². The molecular weight excluding hydrogens is 360 g/mol. The third kappa shape index (κ3) is 6.83. The van der Waals surface area contributed by atoms with Crippen molar-refractivity contribution in [1.82, 2.24) is 19.6 Å².